The number of nitrogens with zero attached hydrogens (tertiary/aromatic N) is 1. The first-order chi connectivity index (χ1) is 8.13. The number of oxime groups is 1. The molecule has 0 spiro atoms. The van der Waals surface area contributed by atoms with Crippen molar-refractivity contribution < 1.29 is 14.0 Å². The summed E-state index contributed by atoms with van der Waals surface area (Å²) in [4.78, 5) is 5.19. The van der Waals surface area contributed by atoms with Crippen molar-refractivity contribution >= 4 is 21.6 Å². The van der Waals surface area contributed by atoms with Crippen molar-refractivity contribution in [2.45, 2.75) is 20.1 Å². The third kappa shape index (κ3) is 2.50. The molecule has 0 aromatic heterocycles. The predicted octanol–water partition coefficient (Wildman–Crippen LogP) is 3.32. The Kier molecular flexibility index (Phi) is 3.79. The summed E-state index contributed by atoms with van der Waals surface area (Å²) in [5.74, 6) is -0.314. The third-order valence-corrected chi connectivity index (χ3v) is 3.32. The molecule has 2 unspecified atom stereocenters. The fourth-order valence-corrected chi connectivity index (χ4v) is 2.19. The van der Waals surface area contributed by atoms with Crippen LogP contribution in [0.15, 0.2) is 27.8 Å². The molecule has 0 radical (unpaired) electrons. The van der Waals surface area contributed by atoms with Crippen LogP contribution in [0.25, 0.3) is 0 Å². The molecule has 0 fully saturated rings. The Morgan fingerprint density at radius 1 is 1.53 bits per heavy atom. The maximum absolute atomic E-state index is 13.2. The van der Waals surface area contributed by atoms with Gasteiger partial charge in [0.15, 0.2) is 0 Å². The SMILES string of the molecule is CCOC1ON=C(c2cc(F)ccc2Br)C1C. The lowest BCUT2D eigenvalue weighted by molar-refractivity contribution is -0.138. The van der Waals surface area contributed by atoms with E-state index in [4.69, 9.17) is 9.57 Å². The lowest BCUT2D eigenvalue weighted by Crippen LogP contribution is -2.24. The minimum atomic E-state index is -0.384. The van der Waals surface area contributed by atoms with Gasteiger partial charge in [0.1, 0.15) is 5.82 Å². The molecule has 1 aromatic rings. The highest BCUT2D eigenvalue weighted by Gasteiger charge is 2.32. The van der Waals surface area contributed by atoms with E-state index in [1.54, 1.807) is 6.07 Å². The van der Waals surface area contributed by atoms with E-state index in [2.05, 4.69) is 21.1 Å². The summed E-state index contributed by atoms with van der Waals surface area (Å²) in [5, 5.41) is 3.98. The van der Waals surface area contributed by atoms with Crippen molar-refractivity contribution in [1.82, 2.24) is 0 Å². The molecule has 0 bridgehead atoms. The standard InChI is InChI=1S/C12H13BrFNO2/c1-3-16-12-7(2)11(15-17-12)9-6-8(14)4-5-10(9)13/h4-7,12H,3H2,1-2H3. The topological polar surface area (TPSA) is 30.8 Å². The minimum Gasteiger partial charge on any atom is -0.363 e. The zero-order valence-corrected chi connectivity index (χ0v) is 11.2. The highest BCUT2D eigenvalue weighted by atomic mass is 79.9. The van der Waals surface area contributed by atoms with Gasteiger partial charge in [0.2, 0.25) is 6.29 Å². The van der Waals surface area contributed by atoms with Gasteiger partial charge in [0.25, 0.3) is 0 Å². The van der Waals surface area contributed by atoms with E-state index in [1.165, 1.54) is 12.1 Å². The second-order valence-corrected chi connectivity index (χ2v) is 4.67. The molecular formula is C12H13BrFNO2. The molecule has 92 valence electrons. The van der Waals surface area contributed by atoms with Crippen molar-refractivity contribution in [3.63, 3.8) is 0 Å². The van der Waals surface area contributed by atoms with E-state index in [0.717, 1.165) is 4.47 Å². The van der Waals surface area contributed by atoms with E-state index < -0.39 is 0 Å². The lowest BCUT2D eigenvalue weighted by Gasteiger charge is -2.14. The van der Waals surface area contributed by atoms with E-state index in [9.17, 15) is 4.39 Å². The first-order valence-corrected chi connectivity index (χ1v) is 6.23. The largest absolute Gasteiger partial charge is 0.363 e. The van der Waals surface area contributed by atoms with Gasteiger partial charge in [0.05, 0.1) is 11.6 Å². The Labute approximate surface area is 108 Å². The van der Waals surface area contributed by atoms with Gasteiger partial charge in [-0.05, 0) is 25.1 Å². The zero-order chi connectivity index (χ0) is 12.4. The molecule has 5 heteroatoms. The molecule has 0 saturated heterocycles. The minimum absolute atomic E-state index is 0.0203. The average molecular weight is 302 g/mol. The number of benzene rings is 1. The van der Waals surface area contributed by atoms with Gasteiger partial charge in [-0.2, -0.15) is 0 Å². The van der Waals surface area contributed by atoms with Crippen LogP contribution in [0.5, 0.6) is 0 Å². The molecule has 1 aliphatic heterocycles. The first kappa shape index (κ1) is 12.5. The molecule has 17 heavy (non-hydrogen) atoms. The Balaban J connectivity index is 2.27. The van der Waals surface area contributed by atoms with Crippen molar-refractivity contribution in [2.75, 3.05) is 6.61 Å². The molecular weight excluding hydrogens is 289 g/mol. The number of ether oxygens (including phenoxy) is 1. The molecule has 1 aliphatic rings. The van der Waals surface area contributed by atoms with Gasteiger partial charge >= 0.3 is 0 Å². The second kappa shape index (κ2) is 5.14. The van der Waals surface area contributed by atoms with Crippen molar-refractivity contribution in [3.05, 3.63) is 34.1 Å². The summed E-state index contributed by atoms with van der Waals surface area (Å²) < 4.78 is 19.4. The first-order valence-electron chi connectivity index (χ1n) is 5.44. The van der Waals surface area contributed by atoms with Gasteiger partial charge < -0.3 is 9.57 Å². The summed E-state index contributed by atoms with van der Waals surface area (Å²) >= 11 is 3.38. The molecule has 1 aromatic carbocycles. The Morgan fingerprint density at radius 2 is 2.29 bits per heavy atom. The summed E-state index contributed by atoms with van der Waals surface area (Å²) in [6, 6.07) is 4.50. The van der Waals surface area contributed by atoms with Crippen LogP contribution in [0.3, 0.4) is 0 Å². The molecule has 2 rings (SSSR count). The van der Waals surface area contributed by atoms with Crippen molar-refractivity contribution in [3.8, 4) is 0 Å². The van der Waals surface area contributed by atoms with Gasteiger partial charge in [-0.1, -0.05) is 28.0 Å². The van der Waals surface area contributed by atoms with Crippen LogP contribution in [0.2, 0.25) is 0 Å². The van der Waals surface area contributed by atoms with Crippen LogP contribution in [-0.4, -0.2) is 18.6 Å². The van der Waals surface area contributed by atoms with Gasteiger partial charge in [-0.25, -0.2) is 4.39 Å². The maximum Gasteiger partial charge on any atom is 0.235 e. The summed E-state index contributed by atoms with van der Waals surface area (Å²) in [6.45, 7) is 4.40. The fraction of sp³-hybridized carbons (Fsp3) is 0.417. The third-order valence-electron chi connectivity index (χ3n) is 2.63. The number of hydrogen-bond acceptors (Lipinski definition) is 3. The van der Waals surface area contributed by atoms with Gasteiger partial charge in [-0.15, -0.1) is 0 Å². The molecule has 3 nitrogen and oxygen atoms in total. The summed E-state index contributed by atoms with van der Waals surface area (Å²) in [5.41, 5.74) is 1.41. The van der Waals surface area contributed by atoms with Crippen LogP contribution in [0, 0.1) is 11.7 Å². The van der Waals surface area contributed by atoms with E-state index in [-0.39, 0.29) is 18.0 Å². The molecule has 2 atom stereocenters. The smallest absolute Gasteiger partial charge is 0.235 e. The van der Waals surface area contributed by atoms with Gasteiger partial charge in [-0.3, -0.25) is 0 Å². The molecule has 0 N–H and O–H groups in total. The monoisotopic (exact) mass is 301 g/mol. The highest BCUT2D eigenvalue weighted by molar-refractivity contribution is 9.10. The van der Waals surface area contributed by atoms with Crippen LogP contribution in [0.4, 0.5) is 4.39 Å². The van der Waals surface area contributed by atoms with Crippen LogP contribution in [0.1, 0.15) is 19.4 Å². The second-order valence-electron chi connectivity index (χ2n) is 3.82. The number of halogens is 2. The Morgan fingerprint density at radius 3 is 3.00 bits per heavy atom. The highest BCUT2D eigenvalue weighted by Crippen LogP contribution is 2.28. The summed E-state index contributed by atoms with van der Waals surface area (Å²) in [7, 11) is 0. The van der Waals surface area contributed by atoms with E-state index in [1.807, 2.05) is 13.8 Å². The number of hydrogen-bond donors (Lipinski definition) is 0. The molecule has 0 saturated carbocycles. The summed E-state index contributed by atoms with van der Waals surface area (Å²) in [6.07, 6.45) is -0.384. The number of rotatable bonds is 3. The van der Waals surface area contributed by atoms with Crippen LogP contribution in [-0.2, 0) is 9.57 Å². The fourth-order valence-electron chi connectivity index (χ4n) is 1.74. The van der Waals surface area contributed by atoms with Crippen molar-refractivity contribution in [2.24, 2.45) is 11.1 Å². The van der Waals surface area contributed by atoms with Gasteiger partial charge in [0, 0.05) is 16.6 Å². The van der Waals surface area contributed by atoms with Crippen LogP contribution < -0.4 is 0 Å². The Bertz CT molecular complexity index is 450. The average Bonchev–Trinajstić information content (AvgIpc) is 2.65. The Hall–Kier alpha value is -0.940. The maximum atomic E-state index is 13.2. The molecule has 1 heterocycles. The molecule has 0 aliphatic carbocycles. The van der Waals surface area contributed by atoms with Crippen molar-refractivity contribution in [1.29, 1.82) is 0 Å². The predicted molar refractivity (Wildman–Crippen MR) is 66.3 cm³/mol. The molecule has 0 amide bonds. The quantitative estimate of drug-likeness (QED) is 0.857. The zero-order valence-electron chi connectivity index (χ0n) is 9.61. The lowest BCUT2D eigenvalue weighted by atomic mass is 9.98. The van der Waals surface area contributed by atoms with E-state index >= 15 is 0 Å². The van der Waals surface area contributed by atoms with E-state index in [0.29, 0.717) is 17.9 Å². The normalized spacial score (nSPS) is 23.4. The van der Waals surface area contributed by atoms with Crippen LogP contribution >= 0.6 is 15.9 Å².